The molecule has 0 aliphatic carbocycles. The summed E-state index contributed by atoms with van der Waals surface area (Å²) in [6, 6.07) is 9.71. The predicted octanol–water partition coefficient (Wildman–Crippen LogP) is 4.75. The molecule has 0 fully saturated rings. The number of aryl methyl sites for hydroxylation is 3. The Bertz CT molecular complexity index is 1670. The molecule has 2 aromatic carbocycles. The lowest BCUT2D eigenvalue weighted by atomic mass is 9.98. The summed E-state index contributed by atoms with van der Waals surface area (Å²) >= 11 is 0. The van der Waals surface area contributed by atoms with E-state index in [-0.39, 0.29) is 17.9 Å². The summed E-state index contributed by atoms with van der Waals surface area (Å²) < 4.78 is 16.4. The van der Waals surface area contributed by atoms with Crippen molar-refractivity contribution in [2.24, 2.45) is 0 Å². The van der Waals surface area contributed by atoms with Gasteiger partial charge in [0.15, 0.2) is 0 Å². The van der Waals surface area contributed by atoms with Crippen LogP contribution >= 0.6 is 0 Å². The minimum absolute atomic E-state index is 0.152. The molecule has 0 saturated carbocycles. The number of amides is 1. The van der Waals surface area contributed by atoms with E-state index in [1.165, 1.54) is 6.07 Å². The minimum Gasteiger partial charge on any atom is -0.463 e. The number of hydrogen-bond acceptors (Lipinski definition) is 6. The maximum absolute atomic E-state index is 12.7. The number of carbonyl (C=O) groups excluding carboxylic acids is 1. The largest absolute Gasteiger partial charge is 0.463 e. The Morgan fingerprint density at radius 2 is 1.72 bits per heavy atom. The second-order valence-corrected chi connectivity index (χ2v) is 7.91. The molecule has 32 heavy (non-hydrogen) atoms. The van der Waals surface area contributed by atoms with Crippen LogP contribution in [-0.4, -0.2) is 5.91 Å². The van der Waals surface area contributed by atoms with Gasteiger partial charge in [-0.05, 0) is 67.8 Å². The third-order valence-electron chi connectivity index (χ3n) is 5.71. The van der Waals surface area contributed by atoms with Crippen LogP contribution in [0.5, 0.6) is 0 Å². The van der Waals surface area contributed by atoms with Gasteiger partial charge >= 0.3 is 11.3 Å². The maximum Gasteiger partial charge on any atom is 0.340 e. The van der Waals surface area contributed by atoms with Crippen LogP contribution < -0.4 is 16.6 Å². The lowest BCUT2D eigenvalue weighted by Gasteiger charge is -2.10. The fraction of sp³-hybridized carbons (Fsp3) is 0.160. The van der Waals surface area contributed by atoms with Gasteiger partial charge in [-0.2, -0.15) is 0 Å². The van der Waals surface area contributed by atoms with E-state index in [0.29, 0.717) is 38.8 Å². The molecule has 3 heterocycles. The molecule has 160 valence electrons. The van der Waals surface area contributed by atoms with E-state index < -0.39 is 11.3 Å². The van der Waals surface area contributed by atoms with E-state index in [1.807, 2.05) is 19.9 Å². The Morgan fingerprint density at radius 1 is 0.906 bits per heavy atom. The quantitative estimate of drug-likeness (QED) is 0.415. The van der Waals surface area contributed by atoms with Gasteiger partial charge in [-0.25, -0.2) is 9.59 Å². The summed E-state index contributed by atoms with van der Waals surface area (Å²) in [5.74, 6) is -0.365. The first kappa shape index (κ1) is 19.8. The molecule has 0 aliphatic heterocycles. The number of carbonyl (C=O) groups is 1. The molecule has 3 aromatic heterocycles. The first-order valence-corrected chi connectivity index (χ1v) is 10.1. The van der Waals surface area contributed by atoms with Gasteiger partial charge in [-0.15, -0.1) is 0 Å². The fourth-order valence-corrected chi connectivity index (χ4v) is 4.19. The Labute approximate surface area is 181 Å². The molecule has 7 heteroatoms. The van der Waals surface area contributed by atoms with Crippen LogP contribution in [0.1, 0.15) is 22.3 Å². The van der Waals surface area contributed by atoms with Crippen LogP contribution in [0.4, 0.5) is 5.69 Å². The molecule has 7 nitrogen and oxygen atoms in total. The molecule has 0 atom stereocenters. The molecule has 0 aliphatic rings. The lowest BCUT2D eigenvalue weighted by molar-refractivity contribution is -0.115. The van der Waals surface area contributed by atoms with Gasteiger partial charge in [0.25, 0.3) is 0 Å². The summed E-state index contributed by atoms with van der Waals surface area (Å²) in [6.07, 6.45) is 1.52. The molecule has 5 aromatic rings. The highest BCUT2D eigenvalue weighted by atomic mass is 16.4. The highest BCUT2D eigenvalue weighted by Gasteiger charge is 2.20. The highest BCUT2D eigenvalue weighted by molar-refractivity contribution is 6.07. The van der Waals surface area contributed by atoms with Crippen LogP contribution in [0.15, 0.2) is 65.5 Å². The summed E-state index contributed by atoms with van der Waals surface area (Å²) in [7, 11) is 0. The number of fused-ring (bicyclic) bond motifs is 4. The monoisotopic (exact) mass is 429 g/mol. The number of furan rings is 1. The zero-order valence-corrected chi connectivity index (χ0v) is 17.7. The third kappa shape index (κ3) is 3.19. The van der Waals surface area contributed by atoms with Crippen molar-refractivity contribution in [3.05, 3.63) is 85.8 Å². The van der Waals surface area contributed by atoms with Crippen LogP contribution in [0.25, 0.3) is 32.9 Å². The molecule has 0 saturated heterocycles. The fourth-order valence-electron chi connectivity index (χ4n) is 4.19. The van der Waals surface area contributed by atoms with Crippen molar-refractivity contribution >= 4 is 44.5 Å². The summed E-state index contributed by atoms with van der Waals surface area (Å²) in [6.45, 7) is 5.70. The van der Waals surface area contributed by atoms with Crippen molar-refractivity contribution < 1.29 is 18.0 Å². The predicted molar refractivity (Wildman–Crippen MR) is 121 cm³/mol. The third-order valence-corrected chi connectivity index (χ3v) is 5.71. The summed E-state index contributed by atoms with van der Waals surface area (Å²) in [5, 5.41) is 5.14. The van der Waals surface area contributed by atoms with E-state index in [9.17, 15) is 14.4 Å². The van der Waals surface area contributed by atoms with Crippen molar-refractivity contribution in [2.45, 2.75) is 27.2 Å². The van der Waals surface area contributed by atoms with Crippen molar-refractivity contribution in [2.75, 3.05) is 5.32 Å². The first-order valence-electron chi connectivity index (χ1n) is 10.1. The van der Waals surface area contributed by atoms with Gasteiger partial charge in [-0.3, -0.25) is 4.79 Å². The minimum atomic E-state index is -0.549. The van der Waals surface area contributed by atoms with Crippen LogP contribution in [0.2, 0.25) is 0 Å². The van der Waals surface area contributed by atoms with Gasteiger partial charge in [-0.1, -0.05) is 0 Å². The van der Waals surface area contributed by atoms with Gasteiger partial charge in [0.05, 0.1) is 23.6 Å². The second kappa shape index (κ2) is 7.23. The van der Waals surface area contributed by atoms with E-state index >= 15 is 0 Å². The Kier molecular flexibility index (Phi) is 4.48. The molecule has 0 spiro atoms. The Morgan fingerprint density at radius 3 is 2.53 bits per heavy atom. The number of anilines is 1. The van der Waals surface area contributed by atoms with E-state index in [1.54, 1.807) is 37.5 Å². The normalized spacial score (nSPS) is 11.5. The molecule has 5 rings (SSSR count). The van der Waals surface area contributed by atoms with Gasteiger partial charge < -0.3 is 18.6 Å². The number of rotatable bonds is 3. The topological polar surface area (TPSA) is 103 Å². The number of benzene rings is 2. The maximum atomic E-state index is 12.7. The summed E-state index contributed by atoms with van der Waals surface area (Å²) in [4.78, 5) is 36.8. The Balaban J connectivity index is 1.52. The zero-order valence-electron chi connectivity index (χ0n) is 17.7. The van der Waals surface area contributed by atoms with Crippen LogP contribution in [-0.2, 0) is 11.2 Å². The molecule has 0 radical (unpaired) electrons. The second-order valence-electron chi connectivity index (χ2n) is 7.91. The molecular formula is C25H19NO6. The van der Waals surface area contributed by atoms with Crippen molar-refractivity contribution in [3.8, 4) is 0 Å². The smallest absolute Gasteiger partial charge is 0.340 e. The number of hydrogen-bond donors (Lipinski definition) is 1. The van der Waals surface area contributed by atoms with Gasteiger partial charge in [0.2, 0.25) is 5.91 Å². The van der Waals surface area contributed by atoms with Crippen LogP contribution in [0.3, 0.4) is 0 Å². The van der Waals surface area contributed by atoms with Crippen LogP contribution in [0, 0.1) is 20.8 Å². The highest BCUT2D eigenvalue weighted by Crippen LogP contribution is 2.34. The molecule has 0 bridgehead atoms. The van der Waals surface area contributed by atoms with E-state index in [4.69, 9.17) is 13.3 Å². The molecule has 0 unspecified atom stereocenters. The van der Waals surface area contributed by atoms with Gasteiger partial charge in [0.1, 0.15) is 16.7 Å². The Hall–Kier alpha value is -4.13. The van der Waals surface area contributed by atoms with Crippen molar-refractivity contribution in [1.29, 1.82) is 0 Å². The van der Waals surface area contributed by atoms with E-state index in [0.717, 1.165) is 16.5 Å². The molecule has 1 amide bonds. The number of nitrogens with one attached hydrogen (secondary N) is 1. The lowest BCUT2D eigenvalue weighted by Crippen LogP contribution is -2.20. The average molecular weight is 429 g/mol. The average Bonchev–Trinajstić information content (AvgIpc) is 3.13. The SMILES string of the molecule is Cc1coc2c1c(C)cc1oc(=O)c(CC(=O)Nc3ccc4oc(=O)ccc4c3)c(C)c12. The standard InChI is InChI=1S/C25H19NO6/c1-12-8-19-23(24-22(12)13(2)11-30-24)14(3)17(25(29)32-19)10-20(27)26-16-5-6-18-15(9-16)4-7-21(28)31-18/h4-9,11H,10H2,1-3H3,(H,26,27). The molecular weight excluding hydrogens is 410 g/mol. The molecule has 1 N–H and O–H groups in total. The van der Waals surface area contributed by atoms with Crippen molar-refractivity contribution in [1.82, 2.24) is 0 Å². The van der Waals surface area contributed by atoms with Crippen molar-refractivity contribution in [3.63, 3.8) is 0 Å². The first-order chi connectivity index (χ1) is 15.3. The zero-order chi connectivity index (χ0) is 22.6. The summed E-state index contributed by atoms with van der Waals surface area (Å²) in [5.41, 5.74) is 3.94. The van der Waals surface area contributed by atoms with E-state index in [2.05, 4.69) is 5.32 Å². The van der Waals surface area contributed by atoms with Gasteiger partial charge in [0, 0.05) is 22.5 Å².